The zero-order valence-electron chi connectivity index (χ0n) is 21.0. The topological polar surface area (TPSA) is 103 Å². The van der Waals surface area contributed by atoms with Gasteiger partial charge < -0.3 is 18.9 Å². The predicted molar refractivity (Wildman–Crippen MR) is 136 cm³/mol. The average Bonchev–Trinajstić information content (AvgIpc) is 3.19. The van der Waals surface area contributed by atoms with Crippen molar-refractivity contribution in [2.75, 3.05) is 44.0 Å². The second kappa shape index (κ2) is 11.8. The SMILES string of the molecule is CS(=O)(=O)Nc1ccccc1OCOC[C@@H](CN1CCC2(CC1)Cc1cc(Cl)ccc1O2)OC(=O)C(F)(F)F. The Morgan fingerprint density at radius 1 is 1.21 bits per heavy atom. The molecule has 1 fully saturated rings. The van der Waals surface area contributed by atoms with E-state index in [1.54, 1.807) is 18.2 Å². The lowest BCUT2D eigenvalue weighted by atomic mass is 9.87. The van der Waals surface area contributed by atoms with Gasteiger partial charge in [0.2, 0.25) is 10.0 Å². The van der Waals surface area contributed by atoms with Gasteiger partial charge in [-0.25, -0.2) is 13.2 Å². The lowest BCUT2D eigenvalue weighted by Crippen LogP contribution is -2.50. The number of rotatable bonds is 10. The van der Waals surface area contributed by atoms with E-state index in [0.29, 0.717) is 37.4 Å². The number of nitrogens with one attached hydrogen (secondary N) is 1. The Kier molecular flexibility index (Phi) is 8.84. The fourth-order valence-electron chi connectivity index (χ4n) is 4.62. The first-order valence-corrected chi connectivity index (χ1v) is 14.3. The molecule has 0 unspecified atom stereocenters. The number of fused-ring (bicyclic) bond motifs is 1. The van der Waals surface area contributed by atoms with E-state index in [1.807, 2.05) is 17.0 Å². The molecule has 1 saturated heterocycles. The van der Waals surface area contributed by atoms with E-state index in [4.69, 9.17) is 30.5 Å². The minimum absolute atomic E-state index is 0.0168. The molecule has 9 nitrogen and oxygen atoms in total. The lowest BCUT2D eigenvalue weighted by Gasteiger charge is -2.39. The van der Waals surface area contributed by atoms with Crippen molar-refractivity contribution in [3.8, 4) is 11.5 Å². The minimum Gasteiger partial charge on any atom is -0.487 e. The Labute approximate surface area is 229 Å². The normalized spacial score (nSPS) is 17.8. The maximum absolute atomic E-state index is 12.9. The van der Waals surface area contributed by atoms with E-state index < -0.39 is 40.7 Å². The molecule has 39 heavy (non-hydrogen) atoms. The highest BCUT2D eigenvalue weighted by Gasteiger charge is 2.44. The quantitative estimate of drug-likeness (QED) is 0.251. The van der Waals surface area contributed by atoms with Gasteiger partial charge in [-0.2, -0.15) is 13.2 Å². The van der Waals surface area contributed by atoms with Crippen molar-refractivity contribution in [1.82, 2.24) is 4.90 Å². The second-order valence-electron chi connectivity index (χ2n) is 9.54. The van der Waals surface area contributed by atoms with Gasteiger partial charge in [-0.15, -0.1) is 0 Å². The Morgan fingerprint density at radius 3 is 2.62 bits per heavy atom. The number of nitrogens with zero attached hydrogens (tertiary/aromatic N) is 1. The molecule has 1 N–H and O–H groups in total. The summed E-state index contributed by atoms with van der Waals surface area (Å²) in [6.07, 6.45) is -3.43. The van der Waals surface area contributed by atoms with Gasteiger partial charge in [-0.1, -0.05) is 23.7 Å². The smallest absolute Gasteiger partial charge is 0.487 e. The summed E-state index contributed by atoms with van der Waals surface area (Å²) in [7, 11) is -3.57. The van der Waals surface area contributed by atoms with Crippen LogP contribution in [0.3, 0.4) is 0 Å². The van der Waals surface area contributed by atoms with Gasteiger partial charge in [0, 0.05) is 43.9 Å². The van der Waals surface area contributed by atoms with Crippen molar-refractivity contribution in [2.24, 2.45) is 0 Å². The van der Waals surface area contributed by atoms with E-state index >= 15 is 0 Å². The average molecular weight is 593 g/mol. The molecule has 2 heterocycles. The van der Waals surface area contributed by atoms with Gasteiger partial charge in [0.1, 0.15) is 23.2 Å². The van der Waals surface area contributed by atoms with Gasteiger partial charge in [-0.3, -0.25) is 9.62 Å². The summed E-state index contributed by atoms with van der Waals surface area (Å²) in [6, 6.07) is 11.7. The van der Waals surface area contributed by atoms with Crippen LogP contribution in [-0.2, 0) is 30.7 Å². The number of piperidine rings is 1. The van der Waals surface area contributed by atoms with Gasteiger partial charge in [-0.05, 0) is 35.9 Å². The molecule has 2 aromatic rings. The first kappa shape index (κ1) is 29.2. The highest BCUT2D eigenvalue weighted by Crippen LogP contribution is 2.42. The number of para-hydroxylation sites is 2. The summed E-state index contributed by atoms with van der Waals surface area (Å²) < 4.78 is 85.8. The van der Waals surface area contributed by atoms with Gasteiger partial charge in [0.05, 0.1) is 18.6 Å². The number of benzene rings is 2. The first-order valence-electron chi connectivity index (χ1n) is 12.1. The van der Waals surface area contributed by atoms with Gasteiger partial charge >= 0.3 is 12.1 Å². The fraction of sp³-hybridized carbons (Fsp3) is 0.480. The van der Waals surface area contributed by atoms with Crippen LogP contribution in [0, 0.1) is 0 Å². The Hall–Kier alpha value is -2.74. The first-order chi connectivity index (χ1) is 18.3. The van der Waals surface area contributed by atoms with Gasteiger partial charge in [0.25, 0.3) is 0 Å². The third-order valence-electron chi connectivity index (χ3n) is 6.38. The minimum atomic E-state index is -5.15. The maximum Gasteiger partial charge on any atom is 0.490 e. The molecule has 0 aliphatic carbocycles. The van der Waals surface area contributed by atoms with Crippen LogP contribution in [0.25, 0.3) is 0 Å². The van der Waals surface area contributed by atoms with Crippen LogP contribution < -0.4 is 14.2 Å². The summed E-state index contributed by atoms with van der Waals surface area (Å²) in [6.45, 7) is 0.264. The molecule has 2 aliphatic heterocycles. The van der Waals surface area contributed by atoms with E-state index in [0.717, 1.165) is 17.6 Å². The molecule has 0 amide bonds. The highest BCUT2D eigenvalue weighted by molar-refractivity contribution is 7.92. The van der Waals surface area contributed by atoms with Crippen molar-refractivity contribution in [3.05, 3.63) is 53.1 Å². The fourth-order valence-corrected chi connectivity index (χ4v) is 5.38. The number of hydrogen-bond donors (Lipinski definition) is 1. The maximum atomic E-state index is 12.9. The Bertz CT molecular complexity index is 1280. The van der Waals surface area contributed by atoms with Crippen molar-refractivity contribution >= 4 is 33.3 Å². The summed E-state index contributed by atoms with van der Waals surface area (Å²) in [5.41, 5.74) is 0.790. The van der Waals surface area contributed by atoms with E-state index in [9.17, 15) is 26.4 Å². The van der Waals surface area contributed by atoms with Crippen molar-refractivity contribution < 1.29 is 45.3 Å². The third-order valence-corrected chi connectivity index (χ3v) is 7.21. The summed E-state index contributed by atoms with van der Waals surface area (Å²) >= 11 is 6.09. The molecular formula is C25H28ClF3N2O7S. The molecule has 4 rings (SSSR count). The molecule has 0 radical (unpaired) electrons. The van der Waals surface area contributed by atoms with E-state index in [-0.39, 0.29) is 24.6 Å². The number of halogens is 4. The number of carbonyl (C=O) groups excluding carboxylic acids is 1. The number of likely N-dealkylation sites (tertiary alicyclic amines) is 1. The molecule has 0 aromatic heterocycles. The van der Waals surface area contributed by atoms with Crippen molar-refractivity contribution in [2.45, 2.75) is 37.1 Å². The van der Waals surface area contributed by atoms with Gasteiger partial charge in [0.15, 0.2) is 6.79 Å². The van der Waals surface area contributed by atoms with Crippen LogP contribution in [0.4, 0.5) is 18.9 Å². The van der Waals surface area contributed by atoms with Crippen LogP contribution in [0.2, 0.25) is 5.02 Å². The summed E-state index contributed by atoms with van der Waals surface area (Å²) in [4.78, 5) is 13.5. The monoisotopic (exact) mass is 592 g/mol. The lowest BCUT2D eigenvalue weighted by molar-refractivity contribution is -0.208. The standard InChI is InChI=1S/C25H28ClF3N2O7S/c1-39(33,34)30-20-4-2-3-5-22(20)36-16-35-15-19(37-23(32)25(27,28)29)14-31-10-8-24(9-11-31)13-17-12-18(26)6-7-21(17)38-24/h2-7,12,19,30H,8-11,13-16H2,1H3/t19-/m1/s1. The second-order valence-corrected chi connectivity index (χ2v) is 11.7. The number of alkyl halides is 3. The zero-order valence-corrected chi connectivity index (χ0v) is 22.6. The highest BCUT2D eigenvalue weighted by atomic mass is 35.5. The van der Waals surface area contributed by atoms with Crippen LogP contribution in [0.5, 0.6) is 11.5 Å². The van der Waals surface area contributed by atoms with Crippen molar-refractivity contribution in [1.29, 1.82) is 0 Å². The largest absolute Gasteiger partial charge is 0.490 e. The number of ether oxygens (including phenoxy) is 4. The molecule has 14 heteroatoms. The van der Waals surface area contributed by atoms with Crippen molar-refractivity contribution in [3.63, 3.8) is 0 Å². The third kappa shape index (κ3) is 8.13. The number of esters is 1. The summed E-state index contributed by atoms with van der Waals surface area (Å²) in [5.74, 6) is -1.36. The number of hydrogen-bond acceptors (Lipinski definition) is 8. The van der Waals surface area contributed by atoms with Crippen LogP contribution in [-0.4, -0.2) is 76.5 Å². The van der Waals surface area contributed by atoms with Crippen LogP contribution >= 0.6 is 11.6 Å². The number of sulfonamides is 1. The van der Waals surface area contributed by atoms with Crippen LogP contribution in [0.15, 0.2) is 42.5 Å². The molecule has 214 valence electrons. The molecule has 2 aromatic carbocycles. The molecule has 0 saturated carbocycles. The Balaban J connectivity index is 1.32. The number of carbonyl (C=O) groups is 1. The molecule has 1 atom stereocenters. The molecular weight excluding hydrogens is 565 g/mol. The zero-order chi connectivity index (χ0) is 28.3. The number of anilines is 1. The summed E-state index contributed by atoms with van der Waals surface area (Å²) in [5, 5.41) is 0.625. The molecule has 0 bridgehead atoms. The Morgan fingerprint density at radius 2 is 1.92 bits per heavy atom. The molecule has 2 aliphatic rings. The van der Waals surface area contributed by atoms with Crippen LogP contribution in [0.1, 0.15) is 18.4 Å². The van der Waals surface area contributed by atoms with E-state index in [2.05, 4.69) is 4.72 Å². The van der Waals surface area contributed by atoms with E-state index in [1.165, 1.54) is 12.1 Å². The predicted octanol–water partition coefficient (Wildman–Crippen LogP) is 4.01. The molecule has 1 spiro atoms.